The molecule has 4 amide bonds. The zero-order valence-electron chi connectivity index (χ0n) is 57.7. The Balaban J connectivity index is 0.000000423. The van der Waals surface area contributed by atoms with E-state index < -0.39 is 29.2 Å². The Kier molecular flexibility index (Phi) is 53.8. The second-order valence-corrected chi connectivity index (χ2v) is 90.4. The molecule has 0 spiro atoms. The van der Waals surface area contributed by atoms with Gasteiger partial charge >= 0.3 is 156 Å². The Morgan fingerprint density at radius 3 is 1.15 bits per heavy atom. The van der Waals surface area contributed by atoms with E-state index in [0.29, 0.717) is 105 Å². The first-order chi connectivity index (χ1) is 47.3. The van der Waals surface area contributed by atoms with E-state index in [1.54, 1.807) is 19.6 Å². The van der Waals surface area contributed by atoms with Crippen LogP contribution in [0, 0.1) is 0 Å². The Morgan fingerprint density at radius 1 is 0.460 bits per heavy atom. The summed E-state index contributed by atoms with van der Waals surface area (Å²) in [5, 5.41) is 13.8. The Bertz CT molecular complexity index is 3050. The number of piperazine rings is 2. The van der Waals surface area contributed by atoms with Crippen LogP contribution in [0.2, 0.25) is 0 Å². The number of alkyl halides is 1. The van der Waals surface area contributed by atoms with Crippen molar-refractivity contribution in [3.05, 3.63) is 118 Å². The van der Waals surface area contributed by atoms with Crippen LogP contribution in [-0.4, -0.2) is 206 Å². The molecule has 2 saturated heterocycles. The van der Waals surface area contributed by atoms with Gasteiger partial charge in [0.2, 0.25) is 0 Å². The average molecular weight is 2580 g/mol. The summed E-state index contributed by atoms with van der Waals surface area (Å²) in [7, 11) is 1.08. The Hall–Kier alpha value is 0.430. The van der Waals surface area contributed by atoms with E-state index >= 15 is 0 Å². The van der Waals surface area contributed by atoms with Gasteiger partial charge in [0, 0.05) is 129 Å². The summed E-state index contributed by atoms with van der Waals surface area (Å²) in [6.07, 6.45) is 7.26. The molecule has 35 heteroatoms. The van der Waals surface area contributed by atoms with Crippen LogP contribution in [0.15, 0.2) is 72.8 Å². The number of esters is 3. The fourth-order valence-electron chi connectivity index (χ4n) is 10.3. The van der Waals surface area contributed by atoms with Crippen LogP contribution in [0.3, 0.4) is 0 Å². The third kappa shape index (κ3) is 43.6. The first-order valence-corrected chi connectivity index (χ1v) is 71.1. The predicted octanol–water partition coefficient (Wildman–Crippen LogP) is 8.97. The quantitative estimate of drug-likeness (QED) is 0.0477. The van der Waals surface area contributed by atoms with Gasteiger partial charge in [0.25, 0.3) is 0 Å². The predicted molar refractivity (Wildman–Crippen MR) is 471 cm³/mol. The van der Waals surface area contributed by atoms with Gasteiger partial charge in [-0.25, -0.2) is 0 Å². The van der Waals surface area contributed by atoms with Gasteiger partial charge in [0.05, 0.1) is 78.8 Å². The van der Waals surface area contributed by atoms with Crippen molar-refractivity contribution in [3.8, 4) is 0 Å². The van der Waals surface area contributed by atoms with Gasteiger partial charge in [0.1, 0.15) is 16.5 Å². The van der Waals surface area contributed by atoms with E-state index in [0.717, 1.165) is 104 Å². The second-order valence-electron chi connectivity index (χ2n) is 24.9. The summed E-state index contributed by atoms with van der Waals surface area (Å²) in [6.45, 7) is 25.0. The van der Waals surface area contributed by atoms with Gasteiger partial charge in [-0.3, -0.25) is 63.3 Å². The van der Waals surface area contributed by atoms with Crippen LogP contribution in [0.25, 0.3) is 0 Å². The van der Waals surface area contributed by atoms with E-state index in [1.807, 2.05) is 101 Å². The Morgan fingerprint density at radius 2 is 0.760 bits per heavy atom. The number of carbonyl (C=O) groups is 7. The first-order valence-electron chi connectivity index (χ1n) is 32.3. The molecular formula is C65H96BrI10N14O10-. The molecule has 4 N–H and O–H groups in total. The number of halogens is 11. The third-order valence-corrected chi connectivity index (χ3v) is 15.1. The standard InChI is InChI=1S/C19H26N4O4.C15H23N3O2.C13H16N4O2.C12H19N3.C6H11BrO2.I4.I3.I2.HI/c1-19(2,3)27-16(24)13-21-7-8-22-9-10-23(18(26)17(22)25)12-15-6-4-5-14(11-21)20-15;1-20-15(19)12-18-9-4-2-3-8-16-10-13-6-5-7-14(11-18)17-13;18-12-13(19)17-7-6-16(12)5-4-14-8-10-2-1-3-11(9-17)15-10;1-2-7-13-9-11-5-4-6-12(15-11)10-14-8-3-1;1-6(2,3)9-5(8)4-7;1-4(2)3;1-3-2;1-2;/h4-6H,7-13H2,1-3H3;5-7,16H,2-4,8-12H2,1H3;1-3,14H,4-9H2;4-6,13-14H,1-3,7-10H2;4H2,1-3H3;;;;1H/q;;;;;;-1;;. The number of hydrogen-bond acceptors (Lipinski definition) is 20. The van der Waals surface area contributed by atoms with Gasteiger partial charge in [0.15, 0.2) is 0 Å². The van der Waals surface area contributed by atoms with E-state index in [-0.39, 0.29) is 67.3 Å². The molecule has 8 aliphatic heterocycles. The number of rotatable bonds is 5. The number of pyridine rings is 4. The van der Waals surface area contributed by atoms with Crippen molar-refractivity contribution in [1.82, 2.24) is 70.6 Å². The molecule has 100 heavy (non-hydrogen) atoms. The minimum Gasteiger partial charge on any atom is -0.331 e. The van der Waals surface area contributed by atoms with Gasteiger partial charge < -0.3 is 55.1 Å². The zero-order valence-corrected chi connectivity index (χ0v) is 81.0. The smallest absolute Gasteiger partial charge is 0.312 e. The number of aromatic nitrogens is 4. The molecule has 8 aliphatic rings. The van der Waals surface area contributed by atoms with Crippen LogP contribution in [0.5, 0.6) is 0 Å². The molecule has 0 atom stereocenters. The van der Waals surface area contributed by atoms with Crippen LogP contribution in [-0.2, 0) is 100 Å². The third-order valence-electron chi connectivity index (χ3n) is 14.6. The molecule has 2 fully saturated rings. The fourth-order valence-corrected chi connectivity index (χ4v) is 10.4. The molecule has 4 aromatic rings. The minimum atomic E-state index is -0.555. The molecule has 0 radical (unpaired) electrons. The number of amides is 4. The maximum atomic E-state index is 12.4. The van der Waals surface area contributed by atoms with Crippen molar-refractivity contribution < 1.29 is 61.0 Å². The molecule has 24 nitrogen and oxygen atoms in total. The molecule has 0 aromatic carbocycles. The van der Waals surface area contributed by atoms with Crippen LogP contribution in [0.1, 0.15) is 126 Å². The molecule has 0 aliphatic carbocycles. The summed E-state index contributed by atoms with van der Waals surface area (Å²) in [4.78, 5) is 112. The number of ether oxygens (including phenoxy) is 3. The van der Waals surface area contributed by atoms with Gasteiger partial charge in [-0.15, -0.1) is 24.0 Å². The van der Waals surface area contributed by atoms with Crippen LogP contribution < -0.4 is 34.5 Å². The van der Waals surface area contributed by atoms with Crippen LogP contribution in [0.4, 0.5) is 0 Å². The zero-order chi connectivity index (χ0) is 73.2. The molecule has 12 heterocycles. The summed E-state index contributed by atoms with van der Waals surface area (Å²) < 4.78 is 15.1. The van der Waals surface area contributed by atoms with Crippen molar-refractivity contribution in [2.45, 2.75) is 144 Å². The second kappa shape index (κ2) is 55.8. The monoisotopic (exact) mass is 2580 g/mol. The minimum absolute atomic E-state index is 0. The molecular weight excluding hydrogens is 2490 g/mol. The van der Waals surface area contributed by atoms with Crippen molar-refractivity contribution in [2.24, 2.45) is 0 Å². The van der Waals surface area contributed by atoms with Crippen molar-refractivity contribution >= 4 is 220 Å². The topological polar surface area (TPSA) is 266 Å². The molecule has 4 aromatic heterocycles. The molecule has 0 unspecified atom stereocenters. The number of fused-ring (bicyclic) bond motifs is 14. The molecule has 12 rings (SSSR count). The molecule has 564 valence electrons. The maximum absolute atomic E-state index is 12.4. The summed E-state index contributed by atoms with van der Waals surface area (Å²) in [6, 6.07) is 23.8. The molecule has 12 bridgehead atoms. The van der Waals surface area contributed by atoms with E-state index in [1.165, 1.54) is 32.8 Å². The number of nitrogens with zero attached hydrogens (tertiary/aromatic N) is 10. The van der Waals surface area contributed by atoms with Gasteiger partial charge in [-0.2, -0.15) is 0 Å². The normalized spacial score (nSPS) is 17.1. The summed E-state index contributed by atoms with van der Waals surface area (Å²) in [5.41, 5.74) is 6.80. The van der Waals surface area contributed by atoms with E-state index in [9.17, 15) is 33.6 Å². The van der Waals surface area contributed by atoms with Crippen LogP contribution >= 0.6 is 178 Å². The van der Waals surface area contributed by atoms with Gasteiger partial charge in [-0.1, -0.05) is 53.0 Å². The van der Waals surface area contributed by atoms with Gasteiger partial charge in [-0.05, 0) is 142 Å². The Labute approximate surface area is 706 Å². The number of hydrogen-bond donors (Lipinski definition) is 4. The summed E-state index contributed by atoms with van der Waals surface area (Å²) in [5.74, 6) is -2.53. The number of methoxy groups -OCH3 is 1. The largest absolute Gasteiger partial charge is 0.331 e. The first kappa shape index (κ1) is 96.5. The fraction of sp³-hybridized carbons (Fsp3) is 0.585. The summed E-state index contributed by atoms with van der Waals surface area (Å²) >= 11 is 20.0. The van der Waals surface area contributed by atoms with Crippen molar-refractivity contribution in [2.75, 3.05) is 104 Å². The SMILES string of the molecule is CC(C)(C)OC(=O)CBr.CC(C)(C)OC(=O)CN1CCN2CCN(Cc3cccc(n3)C1)C(=O)C2=O.COC(=O)CN1CCCCCNCc2cccc(n2)C1.I.II.II(I)I.I[I-]I.O=C1C(=O)N2CCN1CCNCc1cccc(n1)C2.c1cc2nc(c1)CNCCCCCNC2. The average Bonchev–Trinajstić information content (AvgIpc) is 0.827. The molecule has 0 saturated carbocycles. The number of nitrogens with one attached hydrogen (secondary N) is 4. The van der Waals surface area contributed by atoms with Crippen molar-refractivity contribution in [1.29, 1.82) is 0 Å². The van der Waals surface area contributed by atoms with E-state index in [4.69, 9.17) is 14.2 Å². The number of carbonyl (C=O) groups excluding carboxylic acids is 7. The van der Waals surface area contributed by atoms with E-state index in [2.05, 4.69) is 211 Å². The maximum Gasteiger partial charge on any atom is 0.312 e. The van der Waals surface area contributed by atoms with Crippen molar-refractivity contribution in [3.63, 3.8) is 0 Å².